The maximum atomic E-state index is 12.3. The van der Waals surface area contributed by atoms with Crippen LogP contribution in [0.15, 0.2) is 78.9 Å². The number of amides is 1. The normalized spacial score (nSPS) is 15.5. The van der Waals surface area contributed by atoms with Crippen molar-refractivity contribution in [1.82, 2.24) is 5.32 Å². The van der Waals surface area contributed by atoms with Gasteiger partial charge in [-0.1, -0.05) is 84.9 Å². The second kappa shape index (κ2) is 9.18. The zero-order valence-corrected chi connectivity index (χ0v) is 18.9. The van der Waals surface area contributed by atoms with E-state index in [1.807, 2.05) is 60.7 Å². The standard InChI is InChI=1S/C29H27NO4/c31-27(32)29(15-16-29)21-10-7-9-20(18-21)8-5-6-17-30-28(33)34-19-26-24-13-3-1-11-22(24)23-12-2-4-14-25(23)26/h1-5,7-14,18,26H,6,15-17,19H2,(H,30,33)(H,31,32). The molecule has 5 heteroatoms. The number of carbonyl (C=O) groups excluding carboxylic acids is 1. The summed E-state index contributed by atoms with van der Waals surface area (Å²) in [5.74, 6) is -0.702. The minimum absolute atomic E-state index is 0.0471. The van der Waals surface area contributed by atoms with Crippen LogP contribution in [0.3, 0.4) is 0 Å². The van der Waals surface area contributed by atoms with Crippen LogP contribution in [0.1, 0.15) is 47.4 Å². The molecule has 5 nitrogen and oxygen atoms in total. The van der Waals surface area contributed by atoms with Gasteiger partial charge in [-0.3, -0.25) is 4.79 Å². The van der Waals surface area contributed by atoms with E-state index in [0.717, 1.165) is 11.1 Å². The summed E-state index contributed by atoms with van der Waals surface area (Å²) < 4.78 is 5.56. The molecule has 34 heavy (non-hydrogen) atoms. The summed E-state index contributed by atoms with van der Waals surface area (Å²) in [5, 5.41) is 12.3. The van der Waals surface area contributed by atoms with Gasteiger partial charge in [0.25, 0.3) is 0 Å². The average Bonchev–Trinajstić information content (AvgIpc) is 3.62. The van der Waals surface area contributed by atoms with Crippen molar-refractivity contribution in [2.45, 2.75) is 30.6 Å². The van der Waals surface area contributed by atoms with Crippen molar-refractivity contribution in [2.24, 2.45) is 0 Å². The Morgan fingerprint density at radius 3 is 2.29 bits per heavy atom. The van der Waals surface area contributed by atoms with Crippen molar-refractivity contribution >= 4 is 18.1 Å². The second-order valence-electron chi connectivity index (χ2n) is 8.96. The number of carboxylic acid groups (broad SMARTS) is 1. The summed E-state index contributed by atoms with van der Waals surface area (Å²) in [7, 11) is 0. The van der Waals surface area contributed by atoms with Crippen LogP contribution in [-0.4, -0.2) is 30.3 Å². The van der Waals surface area contributed by atoms with Gasteiger partial charge < -0.3 is 15.2 Å². The summed E-state index contributed by atoms with van der Waals surface area (Å²) in [5.41, 5.74) is 5.92. The molecule has 3 aromatic rings. The molecule has 0 saturated heterocycles. The Kier molecular flexibility index (Phi) is 5.93. The molecule has 2 aliphatic rings. The van der Waals surface area contributed by atoms with Gasteiger partial charge in [-0.15, -0.1) is 0 Å². The van der Waals surface area contributed by atoms with E-state index < -0.39 is 17.5 Å². The first-order chi connectivity index (χ1) is 16.6. The van der Waals surface area contributed by atoms with Gasteiger partial charge in [0.05, 0.1) is 5.41 Å². The van der Waals surface area contributed by atoms with E-state index in [2.05, 4.69) is 29.6 Å². The van der Waals surface area contributed by atoms with Crippen LogP contribution < -0.4 is 5.32 Å². The number of rotatable bonds is 8. The van der Waals surface area contributed by atoms with Crippen LogP contribution in [0.5, 0.6) is 0 Å². The van der Waals surface area contributed by atoms with Crippen LogP contribution in [0.2, 0.25) is 0 Å². The lowest BCUT2D eigenvalue weighted by molar-refractivity contribution is -0.140. The fourth-order valence-corrected chi connectivity index (χ4v) is 4.82. The third kappa shape index (κ3) is 4.21. The Labute approximate surface area is 199 Å². The molecule has 0 heterocycles. The van der Waals surface area contributed by atoms with E-state index in [1.165, 1.54) is 22.3 Å². The van der Waals surface area contributed by atoms with E-state index in [4.69, 9.17) is 4.74 Å². The zero-order valence-electron chi connectivity index (χ0n) is 18.9. The van der Waals surface area contributed by atoms with Crippen molar-refractivity contribution in [2.75, 3.05) is 13.2 Å². The molecule has 5 rings (SSSR count). The van der Waals surface area contributed by atoms with Crippen molar-refractivity contribution < 1.29 is 19.4 Å². The maximum Gasteiger partial charge on any atom is 0.407 e. The Morgan fingerprint density at radius 1 is 0.971 bits per heavy atom. The number of hydrogen-bond donors (Lipinski definition) is 2. The fourth-order valence-electron chi connectivity index (χ4n) is 4.82. The lowest BCUT2D eigenvalue weighted by Crippen LogP contribution is -2.26. The topological polar surface area (TPSA) is 75.6 Å². The highest BCUT2D eigenvalue weighted by Gasteiger charge is 2.51. The molecular weight excluding hydrogens is 426 g/mol. The van der Waals surface area contributed by atoms with E-state index in [0.29, 0.717) is 32.4 Å². The molecule has 0 radical (unpaired) electrons. The van der Waals surface area contributed by atoms with Gasteiger partial charge in [-0.2, -0.15) is 0 Å². The van der Waals surface area contributed by atoms with Gasteiger partial charge in [0.2, 0.25) is 0 Å². The summed E-state index contributed by atoms with van der Waals surface area (Å²) in [6.07, 6.45) is 5.55. The van der Waals surface area contributed by atoms with Gasteiger partial charge >= 0.3 is 12.1 Å². The first-order valence-electron chi connectivity index (χ1n) is 11.7. The summed E-state index contributed by atoms with van der Waals surface area (Å²) in [6.45, 7) is 0.764. The van der Waals surface area contributed by atoms with Gasteiger partial charge in [0.15, 0.2) is 0 Å². The number of aliphatic carboxylic acids is 1. The third-order valence-corrected chi connectivity index (χ3v) is 6.83. The lowest BCUT2D eigenvalue weighted by atomic mass is 9.94. The van der Waals surface area contributed by atoms with Crippen LogP contribution in [-0.2, 0) is 14.9 Å². The first kappa shape index (κ1) is 22.0. The molecule has 1 fully saturated rings. The highest BCUT2D eigenvalue weighted by Crippen LogP contribution is 2.48. The SMILES string of the molecule is O=C(NCCC=Cc1cccc(C2(C(=O)O)CC2)c1)OCC1c2ccccc2-c2ccccc21. The van der Waals surface area contributed by atoms with E-state index in [1.54, 1.807) is 0 Å². The number of benzene rings is 3. The number of hydrogen-bond acceptors (Lipinski definition) is 3. The van der Waals surface area contributed by atoms with Gasteiger partial charge in [0.1, 0.15) is 6.61 Å². The average molecular weight is 454 g/mol. The molecule has 0 atom stereocenters. The molecule has 2 N–H and O–H groups in total. The fraction of sp³-hybridized carbons (Fsp3) is 0.241. The summed E-state index contributed by atoms with van der Waals surface area (Å²) >= 11 is 0. The predicted molar refractivity (Wildman–Crippen MR) is 132 cm³/mol. The van der Waals surface area contributed by atoms with E-state index >= 15 is 0 Å². The summed E-state index contributed by atoms with van der Waals surface area (Å²) in [6, 6.07) is 24.2. The minimum Gasteiger partial charge on any atom is -0.481 e. The minimum atomic E-state index is -0.749. The quantitative estimate of drug-likeness (QED) is 0.426. The second-order valence-corrected chi connectivity index (χ2v) is 8.96. The molecule has 172 valence electrons. The van der Waals surface area contributed by atoms with Gasteiger partial charge in [-0.05, 0) is 52.6 Å². The third-order valence-electron chi connectivity index (χ3n) is 6.83. The number of carbonyl (C=O) groups is 2. The van der Waals surface area contributed by atoms with Crippen LogP contribution in [0.25, 0.3) is 17.2 Å². The van der Waals surface area contributed by atoms with E-state index in [9.17, 15) is 14.7 Å². The highest BCUT2D eigenvalue weighted by molar-refractivity contribution is 5.85. The van der Waals surface area contributed by atoms with Crippen LogP contribution in [0, 0.1) is 0 Å². The van der Waals surface area contributed by atoms with E-state index in [-0.39, 0.29) is 5.92 Å². The highest BCUT2D eigenvalue weighted by atomic mass is 16.5. The predicted octanol–water partition coefficient (Wildman–Crippen LogP) is 5.74. The molecular formula is C29H27NO4. The van der Waals surface area contributed by atoms with Crippen LogP contribution >= 0.6 is 0 Å². The molecule has 1 amide bonds. The number of nitrogens with one attached hydrogen (secondary N) is 1. The van der Waals surface area contributed by atoms with Crippen molar-refractivity contribution in [1.29, 1.82) is 0 Å². The lowest BCUT2D eigenvalue weighted by Gasteiger charge is -2.14. The van der Waals surface area contributed by atoms with Crippen LogP contribution in [0.4, 0.5) is 4.79 Å². The smallest absolute Gasteiger partial charge is 0.407 e. The molecule has 0 bridgehead atoms. The largest absolute Gasteiger partial charge is 0.481 e. The monoisotopic (exact) mass is 453 g/mol. The Bertz CT molecular complexity index is 1210. The molecule has 1 saturated carbocycles. The number of alkyl carbamates (subject to hydrolysis) is 1. The zero-order chi connectivity index (χ0) is 23.5. The number of carboxylic acids is 1. The van der Waals surface area contributed by atoms with Gasteiger partial charge in [0, 0.05) is 12.5 Å². The molecule has 3 aromatic carbocycles. The molecule has 0 aromatic heterocycles. The maximum absolute atomic E-state index is 12.3. The molecule has 0 unspecified atom stereocenters. The number of fused-ring (bicyclic) bond motifs is 3. The molecule has 0 aliphatic heterocycles. The van der Waals surface area contributed by atoms with Crippen molar-refractivity contribution in [3.8, 4) is 11.1 Å². The van der Waals surface area contributed by atoms with Crippen molar-refractivity contribution in [3.63, 3.8) is 0 Å². The summed E-state index contributed by atoms with van der Waals surface area (Å²) in [4.78, 5) is 23.8. The van der Waals surface area contributed by atoms with Crippen molar-refractivity contribution in [3.05, 3.63) is 101 Å². The Hall–Kier alpha value is -3.86. The first-order valence-corrected chi connectivity index (χ1v) is 11.7. The Morgan fingerprint density at radius 2 is 1.65 bits per heavy atom. The Balaban J connectivity index is 1.11. The molecule has 0 spiro atoms. The number of ether oxygens (including phenoxy) is 1. The van der Waals surface area contributed by atoms with Gasteiger partial charge in [-0.25, -0.2) is 4.79 Å². The molecule has 2 aliphatic carbocycles.